The van der Waals surface area contributed by atoms with E-state index in [4.69, 9.17) is 91.7 Å². The molecule has 420 valence electrons. The molecule has 0 aromatic rings. The maximum absolute atomic E-state index is 12.0. The highest BCUT2D eigenvalue weighted by atomic mass is 16.6. The van der Waals surface area contributed by atoms with Crippen LogP contribution in [0, 0.1) is 12.3 Å². The van der Waals surface area contributed by atoms with Crippen molar-refractivity contribution in [2.45, 2.75) is 12.2 Å². The number of aliphatic hydroxyl groups is 2. The second-order valence-electron chi connectivity index (χ2n) is 14.3. The topological polar surface area (TPSA) is 277 Å². The van der Waals surface area contributed by atoms with Crippen molar-refractivity contribution in [2.24, 2.45) is 0 Å². The minimum absolute atomic E-state index is 0.00204. The van der Waals surface area contributed by atoms with E-state index >= 15 is 0 Å². The van der Waals surface area contributed by atoms with E-state index in [0.29, 0.717) is 231 Å². The van der Waals surface area contributed by atoms with Gasteiger partial charge in [0.2, 0.25) is 11.8 Å². The van der Waals surface area contributed by atoms with Crippen LogP contribution in [0.3, 0.4) is 0 Å². The van der Waals surface area contributed by atoms with Gasteiger partial charge in [0, 0.05) is 20.2 Å². The maximum Gasteiger partial charge on any atom is 0.234 e. The highest BCUT2D eigenvalue weighted by molar-refractivity contribution is 5.81. The van der Waals surface area contributed by atoms with Gasteiger partial charge in [-0.15, -0.1) is 6.42 Å². The Morgan fingerprint density at radius 2 is 0.577 bits per heavy atom. The molecule has 5 N–H and O–H groups in total. The second kappa shape index (κ2) is 60.2. The number of hydrogen-bond acceptors (Lipinski definition) is 23. The van der Waals surface area contributed by atoms with E-state index in [9.17, 15) is 19.8 Å². The van der Waals surface area contributed by atoms with Gasteiger partial charge in [-0.25, -0.2) is 0 Å². The Bertz CT molecular complexity index is 1140. The molecule has 0 spiro atoms. The summed E-state index contributed by atoms with van der Waals surface area (Å²) in [7, 11) is 1.64. The lowest BCUT2D eigenvalue weighted by atomic mass is 10.2. The van der Waals surface area contributed by atoms with Crippen LogP contribution in [0.5, 0.6) is 0 Å². The van der Waals surface area contributed by atoms with Crippen LogP contribution < -0.4 is 16.0 Å². The van der Waals surface area contributed by atoms with Crippen LogP contribution in [0.15, 0.2) is 0 Å². The molecular weight excluding hydrogens is 947 g/mol. The summed E-state index contributed by atoms with van der Waals surface area (Å²) in [4.78, 5) is 24.0. The monoisotopic (exact) mass is 1040 g/mol. The largest absolute Gasteiger partial charge is 0.387 e. The molecule has 0 aromatic heterocycles. The molecule has 2 unspecified atom stereocenters. The lowest BCUT2D eigenvalue weighted by Gasteiger charge is -2.13. The zero-order chi connectivity index (χ0) is 51.4. The smallest absolute Gasteiger partial charge is 0.234 e. The van der Waals surface area contributed by atoms with Gasteiger partial charge in [-0.05, 0) is 0 Å². The van der Waals surface area contributed by atoms with Gasteiger partial charge in [-0.2, -0.15) is 0 Å². The Hall–Kier alpha value is -2.34. The average molecular weight is 1040 g/mol. The number of nitrogens with one attached hydrogen (secondary N) is 3. The minimum atomic E-state index is -1.25. The highest BCUT2D eigenvalue weighted by Crippen LogP contribution is 1.94. The van der Waals surface area contributed by atoms with Gasteiger partial charge >= 0.3 is 0 Å². The average Bonchev–Trinajstić information content (AvgIpc) is 3.37. The van der Waals surface area contributed by atoms with Crippen molar-refractivity contribution in [3.63, 3.8) is 0 Å². The fraction of sp³-hybridized carbons (Fsp3) is 0.913. The van der Waals surface area contributed by atoms with E-state index in [0.717, 1.165) is 0 Å². The van der Waals surface area contributed by atoms with E-state index in [1.165, 1.54) is 0 Å². The zero-order valence-electron chi connectivity index (χ0n) is 42.4. The quantitative estimate of drug-likeness (QED) is 0.0302. The van der Waals surface area contributed by atoms with Gasteiger partial charge in [0.25, 0.3) is 0 Å². The van der Waals surface area contributed by atoms with Crippen molar-refractivity contribution in [3.8, 4) is 12.3 Å². The Morgan fingerprint density at radius 3 is 0.803 bits per heavy atom. The second-order valence-corrected chi connectivity index (χ2v) is 14.3. The van der Waals surface area contributed by atoms with Crippen molar-refractivity contribution in [1.82, 2.24) is 16.0 Å². The van der Waals surface area contributed by atoms with Gasteiger partial charge in [0.15, 0.2) is 0 Å². The van der Waals surface area contributed by atoms with E-state index in [1.807, 2.05) is 5.92 Å². The zero-order valence-corrected chi connectivity index (χ0v) is 42.4. The minimum Gasteiger partial charge on any atom is -0.387 e. The lowest BCUT2D eigenvalue weighted by Crippen LogP contribution is -2.41. The summed E-state index contributed by atoms with van der Waals surface area (Å²) in [5, 5.41) is 26.9. The molecule has 71 heavy (non-hydrogen) atoms. The number of carbonyl (C=O) groups excluding carboxylic acids is 2. The predicted octanol–water partition coefficient (Wildman–Crippen LogP) is -2.91. The van der Waals surface area contributed by atoms with Gasteiger partial charge in [0.05, 0.1) is 244 Å². The van der Waals surface area contributed by atoms with E-state index < -0.39 is 12.2 Å². The molecule has 25 nitrogen and oxygen atoms in total. The Labute approximate surface area is 421 Å². The fourth-order valence-corrected chi connectivity index (χ4v) is 4.89. The molecule has 2 atom stereocenters. The number of methoxy groups -OCH3 is 1. The lowest BCUT2D eigenvalue weighted by molar-refractivity contribution is -0.121. The van der Waals surface area contributed by atoms with E-state index in [1.54, 1.807) is 7.11 Å². The molecule has 0 aromatic carbocycles. The van der Waals surface area contributed by atoms with Crippen molar-refractivity contribution in [1.29, 1.82) is 0 Å². The van der Waals surface area contributed by atoms with Gasteiger partial charge < -0.3 is 106 Å². The van der Waals surface area contributed by atoms with Crippen molar-refractivity contribution in [3.05, 3.63) is 0 Å². The van der Waals surface area contributed by atoms with E-state index in [-0.39, 0.29) is 38.1 Å². The maximum atomic E-state index is 12.0. The normalized spacial score (nSPS) is 12.3. The SMILES string of the molecule is C#CC(O)C(O)COCCOCCOCCOCCOCCOCCNC(=O)CNCC(=O)NCCOCCOCCOCCOCCOCCOCCOCCOCCOCCOCCOCCOC. The predicted molar refractivity (Wildman–Crippen MR) is 256 cm³/mol. The molecule has 2 amide bonds. The molecule has 0 rings (SSSR count). The molecule has 0 aliphatic heterocycles. The first-order valence-corrected chi connectivity index (χ1v) is 24.4. The van der Waals surface area contributed by atoms with Crippen molar-refractivity contribution >= 4 is 11.8 Å². The summed E-state index contributed by atoms with van der Waals surface area (Å²) in [6.07, 6.45) is 2.64. The molecule has 0 bridgehead atoms. The number of rotatable bonds is 61. The number of terminal acetylenes is 1. The van der Waals surface area contributed by atoms with Crippen LogP contribution in [0.1, 0.15) is 0 Å². The standard InChI is InChI=1S/C46H89N3O22/c1-3-43(50)44(51)42-71-39-38-70-37-36-69-35-34-62-19-17-59-13-11-56-7-5-49-46(53)41-47-40-45(52)48-4-6-55-10-12-58-16-18-61-22-23-64-26-27-66-30-31-68-33-32-67-29-28-65-25-24-63-21-20-60-15-14-57-9-8-54-2/h1,43-44,47,50-51H,4-42H2,2H3,(H,48,52)(H,49,53). The molecule has 0 fully saturated rings. The molecule has 0 saturated carbocycles. The van der Waals surface area contributed by atoms with Crippen LogP contribution in [0.4, 0.5) is 0 Å². The number of hydrogen-bond donors (Lipinski definition) is 5. The summed E-state index contributed by atoms with van der Waals surface area (Å²) >= 11 is 0. The third kappa shape index (κ3) is 58.4. The van der Waals surface area contributed by atoms with Crippen LogP contribution >= 0.6 is 0 Å². The van der Waals surface area contributed by atoms with Crippen LogP contribution in [-0.2, 0) is 94.9 Å². The molecule has 0 heterocycles. The third-order valence-corrected chi connectivity index (χ3v) is 8.54. The Kier molecular flexibility index (Phi) is 58.2. The summed E-state index contributed by atoms with van der Waals surface area (Å²) < 4.78 is 97.1. The van der Waals surface area contributed by atoms with Gasteiger partial charge in [-0.3, -0.25) is 14.9 Å². The molecule has 0 saturated heterocycles. The van der Waals surface area contributed by atoms with Crippen LogP contribution in [0.25, 0.3) is 0 Å². The van der Waals surface area contributed by atoms with E-state index in [2.05, 4.69) is 16.0 Å². The highest BCUT2D eigenvalue weighted by Gasteiger charge is 2.13. The first kappa shape index (κ1) is 68.7. The summed E-state index contributed by atoms with van der Waals surface area (Å²) in [6, 6.07) is 0. The van der Waals surface area contributed by atoms with Crippen molar-refractivity contribution < 1.29 is 105 Å². The Morgan fingerprint density at radius 1 is 0.366 bits per heavy atom. The summed E-state index contributed by atoms with van der Waals surface area (Å²) in [5.41, 5.74) is 0. The fourth-order valence-electron chi connectivity index (χ4n) is 4.89. The summed E-state index contributed by atoms with van der Waals surface area (Å²) in [6.45, 7) is 15.7. The molecule has 0 aliphatic rings. The number of aliphatic hydroxyl groups excluding tert-OH is 2. The molecule has 0 aliphatic carbocycles. The van der Waals surface area contributed by atoms with Crippen molar-refractivity contribution in [2.75, 3.05) is 265 Å². The van der Waals surface area contributed by atoms with Crippen LogP contribution in [-0.4, -0.2) is 299 Å². The molecule has 25 heteroatoms. The van der Waals surface area contributed by atoms with Gasteiger partial charge in [0.1, 0.15) is 12.2 Å². The number of amides is 2. The number of carbonyl (C=O) groups is 2. The first-order valence-electron chi connectivity index (χ1n) is 24.4. The first-order chi connectivity index (χ1) is 35.0. The molecular formula is C46H89N3O22. The van der Waals surface area contributed by atoms with Crippen LogP contribution in [0.2, 0.25) is 0 Å². The summed E-state index contributed by atoms with van der Waals surface area (Å²) in [5.74, 6) is 1.53. The third-order valence-electron chi connectivity index (χ3n) is 8.54. The molecule has 0 radical (unpaired) electrons. The Balaban J connectivity index is 3.23. The van der Waals surface area contributed by atoms with Gasteiger partial charge in [-0.1, -0.05) is 5.92 Å². The number of ether oxygens (including phenoxy) is 18.